The lowest BCUT2D eigenvalue weighted by molar-refractivity contribution is -0.116. The molecule has 2 heterocycles. The molecule has 0 atom stereocenters. The van der Waals surface area contributed by atoms with E-state index in [2.05, 4.69) is 15.5 Å². The maximum Gasteiger partial charge on any atom is 0.263 e. The van der Waals surface area contributed by atoms with Crippen LogP contribution in [0.4, 0.5) is 5.69 Å². The molecule has 0 bridgehead atoms. The Labute approximate surface area is 183 Å². The normalized spacial score (nSPS) is 10.8. The molecule has 0 saturated heterocycles. The van der Waals surface area contributed by atoms with Gasteiger partial charge in [-0.2, -0.15) is 4.98 Å². The van der Waals surface area contributed by atoms with Crippen molar-refractivity contribution in [3.05, 3.63) is 87.3 Å². The summed E-state index contributed by atoms with van der Waals surface area (Å²) < 4.78 is 6.59. The molecule has 2 aromatic heterocycles. The molecule has 0 aliphatic heterocycles. The highest BCUT2D eigenvalue weighted by Gasteiger charge is 2.16. The van der Waals surface area contributed by atoms with Crippen molar-refractivity contribution in [1.82, 2.24) is 14.7 Å². The molecule has 0 radical (unpaired) electrons. The summed E-state index contributed by atoms with van der Waals surface area (Å²) in [5, 5.41) is 7.12. The fraction of sp³-hybridized carbons (Fsp3) is 0.130. The van der Waals surface area contributed by atoms with E-state index in [1.165, 1.54) is 10.8 Å². The van der Waals surface area contributed by atoms with Crippen molar-refractivity contribution in [2.75, 3.05) is 5.32 Å². The second-order valence-electron chi connectivity index (χ2n) is 7.18. The zero-order chi connectivity index (χ0) is 22.0. The number of pyridine rings is 1. The van der Waals surface area contributed by atoms with Gasteiger partial charge >= 0.3 is 0 Å². The molecule has 0 unspecified atom stereocenters. The van der Waals surface area contributed by atoms with Gasteiger partial charge in [0.2, 0.25) is 11.7 Å². The maximum atomic E-state index is 12.9. The van der Waals surface area contributed by atoms with Gasteiger partial charge in [-0.05, 0) is 43.7 Å². The summed E-state index contributed by atoms with van der Waals surface area (Å²) in [6, 6.07) is 16.2. The molecule has 4 aromatic rings. The van der Waals surface area contributed by atoms with Gasteiger partial charge in [0.05, 0.1) is 10.7 Å². The van der Waals surface area contributed by atoms with Gasteiger partial charge in [-0.3, -0.25) is 9.59 Å². The molecular weight excluding hydrogens is 416 g/mol. The van der Waals surface area contributed by atoms with Gasteiger partial charge in [-0.15, -0.1) is 0 Å². The lowest BCUT2D eigenvalue weighted by Gasteiger charge is -2.09. The average molecular weight is 435 g/mol. The largest absolute Gasteiger partial charge is 0.333 e. The Hall–Kier alpha value is -3.71. The Morgan fingerprint density at radius 3 is 2.58 bits per heavy atom. The zero-order valence-corrected chi connectivity index (χ0v) is 17.7. The number of aryl methyl sites for hydroxylation is 2. The van der Waals surface area contributed by atoms with Crippen LogP contribution in [-0.4, -0.2) is 20.6 Å². The molecule has 0 aliphatic rings. The van der Waals surface area contributed by atoms with Crippen LogP contribution in [-0.2, 0) is 11.3 Å². The van der Waals surface area contributed by atoms with Crippen LogP contribution in [0.3, 0.4) is 0 Å². The predicted octanol–water partition coefficient (Wildman–Crippen LogP) is 4.47. The van der Waals surface area contributed by atoms with Crippen molar-refractivity contribution in [3.63, 3.8) is 0 Å². The Morgan fingerprint density at radius 1 is 1.10 bits per heavy atom. The van der Waals surface area contributed by atoms with Crippen LogP contribution in [0.5, 0.6) is 0 Å². The highest BCUT2D eigenvalue weighted by molar-refractivity contribution is 6.33. The Morgan fingerprint density at radius 2 is 1.84 bits per heavy atom. The number of nitrogens with zero attached hydrogens (tertiary/aromatic N) is 3. The van der Waals surface area contributed by atoms with E-state index in [0.29, 0.717) is 16.5 Å². The number of carbonyl (C=O) groups is 1. The van der Waals surface area contributed by atoms with E-state index in [1.807, 2.05) is 44.2 Å². The molecule has 1 N–H and O–H groups in total. The van der Waals surface area contributed by atoms with Crippen molar-refractivity contribution in [2.45, 2.75) is 20.4 Å². The van der Waals surface area contributed by atoms with E-state index in [4.69, 9.17) is 16.1 Å². The van der Waals surface area contributed by atoms with Crippen molar-refractivity contribution < 1.29 is 9.32 Å². The number of carbonyl (C=O) groups excluding carboxylic acids is 1. The molecule has 31 heavy (non-hydrogen) atoms. The zero-order valence-electron chi connectivity index (χ0n) is 16.9. The number of rotatable bonds is 5. The predicted molar refractivity (Wildman–Crippen MR) is 119 cm³/mol. The number of halogens is 1. The van der Waals surface area contributed by atoms with Crippen molar-refractivity contribution >= 4 is 23.2 Å². The topological polar surface area (TPSA) is 90.0 Å². The third kappa shape index (κ3) is 4.57. The second kappa shape index (κ2) is 8.57. The van der Waals surface area contributed by atoms with Gasteiger partial charge in [-0.25, -0.2) is 0 Å². The van der Waals surface area contributed by atoms with Gasteiger partial charge in [0, 0.05) is 11.8 Å². The van der Waals surface area contributed by atoms with Crippen LogP contribution in [0.25, 0.3) is 22.8 Å². The molecule has 0 aliphatic carbocycles. The molecule has 8 heteroatoms. The van der Waals surface area contributed by atoms with Crippen LogP contribution in [0.2, 0.25) is 5.02 Å². The summed E-state index contributed by atoms with van der Waals surface area (Å²) in [4.78, 5) is 29.7. The lowest BCUT2D eigenvalue weighted by atomic mass is 10.1. The van der Waals surface area contributed by atoms with Gasteiger partial charge < -0.3 is 14.4 Å². The first kappa shape index (κ1) is 20.6. The Bertz CT molecular complexity index is 1310. The van der Waals surface area contributed by atoms with Crippen molar-refractivity contribution in [2.24, 2.45) is 0 Å². The van der Waals surface area contributed by atoms with Crippen LogP contribution in [0, 0.1) is 13.8 Å². The monoisotopic (exact) mass is 434 g/mol. The number of hydrogen-bond acceptors (Lipinski definition) is 5. The summed E-state index contributed by atoms with van der Waals surface area (Å²) in [5.41, 5.74) is 3.17. The number of nitrogens with one attached hydrogen (secondary N) is 1. The minimum absolute atomic E-state index is 0.0944. The molecule has 0 spiro atoms. The van der Waals surface area contributed by atoms with E-state index in [9.17, 15) is 9.59 Å². The fourth-order valence-corrected chi connectivity index (χ4v) is 3.33. The number of aromatic nitrogens is 3. The minimum atomic E-state index is -0.410. The summed E-state index contributed by atoms with van der Waals surface area (Å²) in [7, 11) is 0. The van der Waals surface area contributed by atoms with E-state index >= 15 is 0 Å². The number of amides is 1. The third-order valence-corrected chi connectivity index (χ3v) is 5.01. The van der Waals surface area contributed by atoms with Crippen molar-refractivity contribution in [3.8, 4) is 22.8 Å². The van der Waals surface area contributed by atoms with E-state index in [-0.39, 0.29) is 23.9 Å². The Balaban J connectivity index is 1.55. The minimum Gasteiger partial charge on any atom is -0.333 e. The third-order valence-electron chi connectivity index (χ3n) is 4.70. The molecule has 2 aromatic carbocycles. The van der Waals surface area contributed by atoms with Crippen LogP contribution in [0.15, 0.2) is 70.1 Å². The SMILES string of the molecule is Cc1ccc(-c2noc(-c3cccn(CC(=O)Nc4ccc(C)cc4Cl)c3=O)n2)cc1. The molecule has 0 saturated carbocycles. The first-order valence-corrected chi connectivity index (χ1v) is 9.95. The van der Waals surface area contributed by atoms with E-state index in [0.717, 1.165) is 16.7 Å². The first-order chi connectivity index (χ1) is 14.9. The van der Waals surface area contributed by atoms with Crippen LogP contribution < -0.4 is 10.9 Å². The number of anilines is 1. The van der Waals surface area contributed by atoms with E-state index in [1.54, 1.807) is 24.3 Å². The van der Waals surface area contributed by atoms with Gasteiger partial charge in [0.1, 0.15) is 12.1 Å². The molecule has 7 nitrogen and oxygen atoms in total. The standard InChI is InChI=1S/C23H19ClN4O3/c1-14-5-8-16(9-6-14)21-26-22(31-27-21)17-4-3-11-28(23(17)30)13-20(29)25-19-10-7-15(2)12-18(19)24/h3-12H,13H2,1-2H3,(H,25,29). The molecule has 0 fully saturated rings. The molecular formula is C23H19ClN4O3. The quantitative estimate of drug-likeness (QED) is 0.500. The number of benzene rings is 2. The smallest absolute Gasteiger partial charge is 0.263 e. The lowest BCUT2D eigenvalue weighted by Crippen LogP contribution is -2.28. The van der Waals surface area contributed by atoms with Crippen LogP contribution in [0.1, 0.15) is 11.1 Å². The van der Waals surface area contributed by atoms with E-state index < -0.39 is 5.56 Å². The molecule has 156 valence electrons. The average Bonchev–Trinajstić information content (AvgIpc) is 3.22. The van der Waals surface area contributed by atoms with Crippen molar-refractivity contribution in [1.29, 1.82) is 0 Å². The van der Waals surface area contributed by atoms with Gasteiger partial charge in [-0.1, -0.05) is 52.7 Å². The molecule has 4 rings (SSSR count). The van der Waals surface area contributed by atoms with Gasteiger partial charge in [0.15, 0.2) is 0 Å². The first-order valence-electron chi connectivity index (χ1n) is 9.57. The highest BCUT2D eigenvalue weighted by Crippen LogP contribution is 2.23. The fourth-order valence-electron chi connectivity index (χ4n) is 3.04. The number of hydrogen-bond donors (Lipinski definition) is 1. The Kier molecular flexibility index (Phi) is 5.68. The molecule has 1 amide bonds. The van der Waals surface area contributed by atoms with Gasteiger partial charge in [0.25, 0.3) is 11.4 Å². The maximum absolute atomic E-state index is 12.9. The summed E-state index contributed by atoms with van der Waals surface area (Å²) in [5.74, 6) is 0.101. The van der Waals surface area contributed by atoms with Crippen LogP contribution >= 0.6 is 11.6 Å². The second-order valence-corrected chi connectivity index (χ2v) is 7.58. The summed E-state index contributed by atoms with van der Waals surface area (Å²) in [6.07, 6.45) is 1.53. The summed E-state index contributed by atoms with van der Waals surface area (Å²) in [6.45, 7) is 3.71. The highest BCUT2D eigenvalue weighted by atomic mass is 35.5. The summed E-state index contributed by atoms with van der Waals surface area (Å²) >= 11 is 6.16.